The third-order valence-electron chi connectivity index (χ3n) is 2.64. The second kappa shape index (κ2) is 12.9. The molecule has 1 N–H and O–H groups in total. The molecule has 0 aromatic rings. The summed E-state index contributed by atoms with van der Waals surface area (Å²) in [4.78, 5) is 0. The molecule has 1 unspecified atom stereocenters. The summed E-state index contributed by atoms with van der Waals surface area (Å²) in [5.41, 5.74) is 0. The summed E-state index contributed by atoms with van der Waals surface area (Å²) in [6, 6.07) is 0. The lowest BCUT2D eigenvalue weighted by molar-refractivity contribution is 0.0314. The maximum Gasteiger partial charge on any atom is 0.0701 e. The van der Waals surface area contributed by atoms with Crippen LogP contribution in [0.1, 0.15) is 46.0 Å². The Bertz CT molecular complexity index is 128. The molecule has 0 fully saturated rings. The zero-order chi connectivity index (χ0) is 12.1. The molecular formula is C13H28O3. The molecule has 3 heteroatoms. The lowest BCUT2D eigenvalue weighted by Gasteiger charge is -2.10. The molecule has 0 amide bonds. The van der Waals surface area contributed by atoms with Crippen LogP contribution in [0, 0.1) is 5.92 Å². The maximum atomic E-state index is 8.47. The van der Waals surface area contributed by atoms with Gasteiger partial charge < -0.3 is 14.6 Å². The van der Waals surface area contributed by atoms with Crippen molar-refractivity contribution in [1.82, 2.24) is 0 Å². The van der Waals surface area contributed by atoms with Crippen molar-refractivity contribution in [2.45, 2.75) is 46.0 Å². The normalized spacial score (nSPS) is 12.9. The number of ether oxygens (including phenoxy) is 2. The first-order valence-corrected chi connectivity index (χ1v) is 6.57. The van der Waals surface area contributed by atoms with Crippen LogP contribution in [0.25, 0.3) is 0 Å². The predicted octanol–water partition coefficient (Wildman–Crippen LogP) is 2.62. The van der Waals surface area contributed by atoms with E-state index in [9.17, 15) is 0 Å². The van der Waals surface area contributed by atoms with Crippen molar-refractivity contribution in [3.8, 4) is 0 Å². The summed E-state index contributed by atoms with van der Waals surface area (Å²) in [7, 11) is 0. The van der Waals surface area contributed by atoms with E-state index in [2.05, 4.69) is 13.8 Å². The van der Waals surface area contributed by atoms with E-state index in [4.69, 9.17) is 14.6 Å². The molecule has 0 aliphatic rings. The molecule has 0 rings (SSSR count). The fourth-order valence-electron chi connectivity index (χ4n) is 1.62. The lowest BCUT2D eigenvalue weighted by Crippen LogP contribution is -2.08. The van der Waals surface area contributed by atoms with Crippen LogP contribution in [-0.2, 0) is 9.47 Å². The van der Waals surface area contributed by atoms with Gasteiger partial charge in [-0.1, -0.05) is 33.1 Å². The van der Waals surface area contributed by atoms with E-state index in [0.717, 1.165) is 18.9 Å². The van der Waals surface area contributed by atoms with Crippen molar-refractivity contribution in [3.05, 3.63) is 0 Å². The molecule has 0 aromatic heterocycles. The van der Waals surface area contributed by atoms with Gasteiger partial charge >= 0.3 is 0 Å². The summed E-state index contributed by atoms with van der Waals surface area (Å²) in [5, 5.41) is 8.47. The average molecular weight is 232 g/mol. The van der Waals surface area contributed by atoms with Crippen LogP contribution in [0.5, 0.6) is 0 Å². The van der Waals surface area contributed by atoms with E-state index < -0.39 is 0 Å². The molecule has 0 aliphatic heterocycles. The quantitative estimate of drug-likeness (QED) is 0.526. The molecular weight excluding hydrogens is 204 g/mol. The van der Waals surface area contributed by atoms with Crippen molar-refractivity contribution >= 4 is 0 Å². The Morgan fingerprint density at radius 1 is 0.938 bits per heavy atom. The summed E-state index contributed by atoms with van der Waals surface area (Å²) in [6.45, 7) is 7.13. The molecule has 0 aromatic carbocycles. The van der Waals surface area contributed by atoms with Gasteiger partial charge in [0.05, 0.1) is 26.4 Å². The topological polar surface area (TPSA) is 38.7 Å². The Balaban J connectivity index is 3.02. The van der Waals surface area contributed by atoms with E-state index in [0.29, 0.717) is 19.8 Å². The summed E-state index contributed by atoms with van der Waals surface area (Å²) >= 11 is 0. The highest BCUT2D eigenvalue weighted by atomic mass is 16.5. The van der Waals surface area contributed by atoms with Gasteiger partial charge in [-0.3, -0.25) is 0 Å². The van der Waals surface area contributed by atoms with Gasteiger partial charge in [-0.2, -0.15) is 0 Å². The molecule has 0 aliphatic carbocycles. The van der Waals surface area contributed by atoms with E-state index in [1.807, 2.05) is 0 Å². The van der Waals surface area contributed by atoms with Crippen LogP contribution < -0.4 is 0 Å². The number of unbranched alkanes of at least 4 members (excludes halogenated alkanes) is 1. The standard InChI is InChI=1S/C13H28O3/c1-3-4-6-13(2)7-5-9-15-11-12-16-10-8-14/h13-14H,3-12H2,1-2H3. The largest absolute Gasteiger partial charge is 0.394 e. The SMILES string of the molecule is CCCCC(C)CCCOCCOCCO. The smallest absolute Gasteiger partial charge is 0.0701 e. The van der Waals surface area contributed by atoms with Gasteiger partial charge in [-0.15, -0.1) is 0 Å². The van der Waals surface area contributed by atoms with Crippen molar-refractivity contribution in [3.63, 3.8) is 0 Å². The number of hydrogen-bond donors (Lipinski definition) is 1. The maximum absolute atomic E-state index is 8.47. The molecule has 1 atom stereocenters. The number of aliphatic hydroxyl groups excluding tert-OH is 1. The first kappa shape index (κ1) is 15.9. The predicted molar refractivity (Wildman–Crippen MR) is 66.6 cm³/mol. The van der Waals surface area contributed by atoms with Gasteiger partial charge in [0.15, 0.2) is 0 Å². The van der Waals surface area contributed by atoms with Gasteiger partial charge in [0.1, 0.15) is 0 Å². The minimum absolute atomic E-state index is 0.0922. The van der Waals surface area contributed by atoms with Crippen molar-refractivity contribution in [1.29, 1.82) is 0 Å². The Labute approximate surface area is 100 Å². The molecule has 0 bridgehead atoms. The lowest BCUT2D eigenvalue weighted by atomic mass is 9.99. The van der Waals surface area contributed by atoms with Crippen LogP contribution >= 0.6 is 0 Å². The van der Waals surface area contributed by atoms with E-state index in [1.54, 1.807) is 0 Å². The van der Waals surface area contributed by atoms with Crippen LogP contribution in [0.3, 0.4) is 0 Å². The highest BCUT2D eigenvalue weighted by molar-refractivity contribution is 4.53. The van der Waals surface area contributed by atoms with Gasteiger partial charge in [0.2, 0.25) is 0 Å². The highest BCUT2D eigenvalue weighted by Crippen LogP contribution is 2.13. The van der Waals surface area contributed by atoms with Gasteiger partial charge in [0.25, 0.3) is 0 Å². The van der Waals surface area contributed by atoms with E-state index in [1.165, 1.54) is 25.7 Å². The number of rotatable bonds is 12. The highest BCUT2D eigenvalue weighted by Gasteiger charge is 2.00. The first-order valence-electron chi connectivity index (χ1n) is 6.57. The second-order valence-corrected chi connectivity index (χ2v) is 4.34. The molecule has 0 radical (unpaired) electrons. The Morgan fingerprint density at radius 3 is 2.19 bits per heavy atom. The molecule has 0 saturated carbocycles. The summed E-state index contributed by atoms with van der Waals surface area (Å²) in [5.74, 6) is 0.828. The molecule has 0 heterocycles. The van der Waals surface area contributed by atoms with Gasteiger partial charge in [-0.05, 0) is 18.8 Å². The van der Waals surface area contributed by atoms with Crippen LogP contribution in [0.15, 0.2) is 0 Å². The fourth-order valence-corrected chi connectivity index (χ4v) is 1.62. The Morgan fingerprint density at radius 2 is 1.56 bits per heavy atom. The van der Waals surface area contributed by atoms with Crippen LogP contribution in [0.2, 0.25) is 0 Å². The van der Waals surface area contributed by atoms with E-state index in [-0.39, 0.29) is 6.61 Å². The Hall–Kier alpha value is -0.120. The molecule has 0 spiro atoms. The monoisotopic (exact) mass is 232 g/mol. The second-order valence-electron chi connectivity index (χ2n) is 4.34. The summed E-state index contributed by atoms with van der Waals surface area (Å²) in [6.07, 6.45) is 6.39. The third-order valence-corrected chi connectivity index (χ3v) is 2.64. The minimum Gasteiger partial charge on any atom is -0.394 e. The van der Waals surface area contributed by atoms with Crippen LogP contribution in [-0.4, -0.2) is 38.1 Å². The Kier molecular flexibility index (Phi) is 12.9. The summed E-state index contributed by atoms with van der Waals surface area (Å²) < 4.78 is 10.5. The van der Waals surface area contributed by atoms with Gasteiger partial charge in [-0.25, -0.2) is 0 Å². The number of aliphatic hydroxyl groups is 1. The zero-order valence-corrected chi connectivity index (χ0v) is 10.9. The fraction of sp³-hybridized carbons (Fsp3) is 1.00. The average Bonchev–Trinajstić information content (AvgIpc) is 2.30. The zero-order valence-electron chi connectivity index (χ0n) is 10.9. The van der Waals surface area contributed by atoms with Gasteiger partial charge in [0, 0.05) is 6.61 Å². The third kappa shape index (κ3) is 12.0. The molecule has 0 saturated heterocycles. The van der Waals surface area contributed by atoms with Crippen molar-refractivity contribution < 1.29 is 14.6 Å². The minimum atomic E-state index is 0.0922. The van der Waals surface area contributed by atoms with Crippen molar-refractivity contribution in [2.75, 3.05) is 33.0 Å². The van der Waals surface area contributed by atoms with Crippen molar-refractivity contribution in [2.24, 2.45) is 5.92 Å². The molecule has 16 heavy (non-hydrogen) atoms. The molecule has 98 valence electrons. The van der Waals surface area contributed by atoms with Crippen LogP contribution in [0.4, 0.5) is 0 Å². The van der Waals surface area contributed by atoms with E-state index >= 15 is 0 Å². The molecule has 3 nitrogen and oxygen atoms in total. The number of hydrogen-bond acceptors (Lipinski definition) is 3. The first-order chi connectivity index (χ1) is 7.81.